The largest absolute Gasteiger partial charge is 0.368 e. The molecule has 1 aromatic carbocycles. The number of rotatable bonds is 7. The van der Waals surface area contributed by atoms with Gasteiger partial charge in [0.05, 0.1) is 6.10 Å². The van der Waals surface area contributed by atoms with E-state index in [1.54, 1.807) is 0 Å². The Morgan fingerprint density at radius 2 is 1.96 bits per heavy atom. The lowest BCUT2D eigenvalue weighted by atomic mass is 9.88. The van der Waals surface area contributed by atoms with E-state index in [0.29, 0.717) is 12.3 Å². The molecule has 3 N–H and O–H groups in total. The molecule has 0 saturated heterocycles. The zero-order valence-corrected chi connectivity index (χ0v) is 13.7. The van der Waals surface area contributed by atoms with Crippen molar-refractivity contribution in [1.29, 1.82) is 0 Å². The monoisotopic (exact) mass is 318 g/mol. The number of hydrogen-bond acceptors (Lipinski definition) is 3. The number of hydrogen-bond donors (Lipinski definition) is 2. The predicted octanol–water partition coefficient (Wildman–Crippen LogP) is 1.79. The molecule has 23 heavy (non-hydrogen) atoms. The van der Waals surface area contributed by atoms with Gasteiger partial charge in [-0.25, -0.2) is 0 Å². The molecule has 0 unspecified atom stereocenters. The van der Waals surface area contributed by atoms with E-state index in [0.717, 1.165) is 24.8 Å². The van der Waals surface area contributed by atoms with Crippen molar-refractivity contribution < 1.29 is 14.3 Å². The molecule has 3 atom stereocenters. The summed E-state index contributed by atoms with van der Waals surface area (Å²) in [6.45, 7) is 2.14. The highest BCUT2D eigenvalue weighted by Crippen LogP contribution is 2.26. The highest BCUT2D eigenvalue weighted by atomic mass is 16.5. The fourth-order valence-electron chi connectivity index (χ4n) is 3.02. The van der Waals surface area contributed by atoms with Crippen molar-refractivity contribution in [2.24, 2.45) is 11.7 Å². The predicted molar refractivity (Wildman–Crippen MR) is 88.6 cm³/mol. The van der Waals surface area contributed by atoms with Gasteiger partial charge in [-0.3, -0.25) is 9.59 Å². The van der Waals surface area contributed by atoms with Gasteiger partial charge in [-0.05, 0) is 24.3 Å². The van der Waals surface area contributed by atoms with Gasteiger partial charge in [-0.2, -0.15) is 0 Å². The van der Waals surface area contributed by atoms with E-state index in [-0.39, 0.29) is 18.6 Å². The summed E-state index contributed by atoms with van der Waals surface area (Å²) in [7, 11) is 0. The number of nitrogens with two attached hydrogens (primary N) is 1. The first kappa shape index (κ1) is 17.5. The standard InChI is InChI=1S/C18H26N2O3/c1-13-7-5-6-10-16(13)23-12-17(21)20-15(18(19)22)11-14-8-3-2-4-9-14/h2-4,8-9,13,15-16H,5-7,10-12H2,1H3,(H2,19,22)(H,20,21)/t13-,15+,16-/m1/s1. The number of amides is 2. The van der Waals surface area contributed by atoms with Gasteiger partial charge in [0.1, 0.15) is 12.6 Å². The van der Waals surface area contributed by atoms with E-state index >= 15 is 0 Å². The highest BCUT2D eigenvalue weighted by Gasteiger charge is 2.24. The van der Waals surface area contributed by atoms with Crippen LogP contribution in [0.3, 0.4) is 0 Å². The summed E-state index contributed by atoms with van der Waals surface area (Å²) in [6, 6.07) is 8.79. The fraction of sp³-hybridized carbons (Fsp3) is 0.556. The zero-order valence-electron chi connectivity index (χ0n) is 13.7. The Morgan fingerprint density at radius 1 is 1.26 bits per heavy atom. The normalized spacial score (nSPS) is 22.3. The van der Waals surface area contributed by atoms with Gasteiger partial charge < -0.3 is 15.8 Å². The molecule has 1 aromatic rings. The molecule has 2 amide bonds. The molecule has 0 heterocycles. The topological polar surface area (TPSA) is 81.4 Å². The summed E-state index contributed by atoms with van der Waals surface area (Å²) in [5.41, 5.74) is 6.36. The van der Waals surface area contributed by atoms with E-state index < -0.39 is 11.9 Å². The van der Waals surface area contributed by atoms with Gasteiger partial charge in [0.15, 0.2) is 0 Å². The lowest BCUT2D eigenvalue weighted by molar-refractivity contribution is -0.133. The lowest BCUT2D eigenvalue weighted by Gasteiger charge is -2.28. The lowest BCUT2D eigenvalue weighted by Crippen LogP contribution is -2.47. The second-order valence-electron chi connectivity index (χ2n) is 6.32. The minimum atomic E-state index is -0.711. The van der Waals surface area contributed by atoms with Gasteiger partial charge in [0.25, 0.3) is 0 Å². The van der Waals surface area contributed by atoms with Crippen LogP contribution in [0.15, 0.2) is 30.3 Å². The van der Waals surface area contributed by atoms with Crippen molar-refractivity contribution in [3.05, 3.63) is 35.9 Å². The molecule has 1 fully saturated rings. The molecular formula is C18H26N2O3. The van der Waals surface area contributed by atoms with Gasteiger partial charge >= 0.3 is 0 Å². The summed E-state index contributed by atoms with van der Waals surface area (Å²) >= 11 is 0. The van der Waals surface area contributed by atoms with Gasteiger partial charge in [0, 0.05) is 6.42 Å². The van der Waals surface area contributed by atoms with Gasteiger partial charge in [-0.1, -0.05) is 50.1 Å². The molecular weight excluding hydrogens is 292 g/mol. The molecule has 1 aliphatic carbocycles. The maximum absolute atomic E-state index is 12.1. The Balaban J connectivity index is 1.82. The highest BCUT2D eigenvalue weighted by molar-refractivity contribution is 5.87. The second-order valence-corrected chi connectivity index (χ2v) is 6.32. The molecule has 0 aromatic heterocycles. The first-order chi connectivity index (χ1) is 11.1. The van der Waals surface area contributed by atoms with Crippen LogP contribution < -0.4 is 11.1 Å². The molecule has 0 radical (unpaired) electrons. The summed E-state index contributed by atoms with van der Waals surface area (Å²) in [5.74, 6) is -0.344. The third-order valence-electron chi connectivity index (χ3n) is 4.42. The van der Waals surface area contributed by atoms with Crippen LogP contribution >= 0.6 is 0 Å². The zero-order chi connectivity index (χ0) is 16.7. The first-order valence-corrected chi connectivity index (χ1v) is 8.30. The van der Waals surface area contributed by atoms with Gasteiger partial charge in [-0.15, -0.1) is 0 Å². The molecule has 2 rings (SSSR count). The number of benzene rings is 1. The van der Waals surface area contributed by atoms with E-state index in [2.05, 4.69) is 12.2 Å². The fourth-order valence-corrected chi connectivity index (χ4v) is 3.02. The van der Waals surface area contributed by atoms with E-state index in [4.69, 9.17) is 10.5 Å². The number of nitrogens with one attached hydrogen (secondary N) is 1. The quantitative estimate of drug-likeness (QED) is 0.804. The summed E-state index contributed by atoms with van der Waals surface area (Å²) < 4.78 is 5.72. The number of carbonyl (C=O) groups excluding carboxylic acids is 2. The van der Waals surface area contributed by atoms with Crippen molar-refractivity contribution in [2.75, 3.05) is 6.61 Å². The van der Waals surface area contributed by atoms with Crippen LogP contribution in [0.5, 0.6) is 0 Å². The van der Waals surface area contributed by atoms with Crippen LogP contribution in [0.2, 0.25) is 0 Å². The van der Waals surface area contributed by atoms with Crippen LogP contribution in [-0.2, 0) is 20.7 Å². The molecule has 0 spiro atoms. The third-order valence-corrected chi connectivity index (χ3v) is 4.42. The van der Waals surface area contributed by atoms with E-state index in [1.165, 1.54) is 6.42 Å². The SMILES string of the molecule is C[C@@H]1CCCC[C@H]1OCC(=O)N[C@@H](Cc1ccccc1)C(N)=O. The summed E-state index contributed by atoms with van der Waals surface area (Å²) in [6.07, 6.45) is 5.04. The minimum Gasteiger partial charge on any atom is -0.368 e. The first-order valence-electron chi connectivity index (χ1n) is 8.30. The third kappa shape index (κ3) is 5.67. The van der Waals surface area contributed by atoms with Crippen LogP contribution in [0, 0.1) is 5.92 Å². The molecule has 5 nitrogen and oxygen atoms in total. The van der Waals surface area contributed by atoms with E-state index in [9.17, 15) is 9.59 Å². The molecule has 5 heteroatoms. The van der Waals surface area contributed by atoms with E-state index in [1.807, 2.05) is 30.3 Å². The second kappa shape index (κ2) is 8.67. The van der Waals surface area contributed by atoms with Crippen LogP contribution in [0.25, 0.3) is 0 Å². The minimum absolute atomic E-state index is 0.0203. The Hall–Kier alpha value is -1.88. The van der Waals surface area contributed by atoms with Crippen molar-refractivity contribution in [2.45, 2.75) is 51.2 Å². The average Bonchev–Trinajstić information content (AvgIpc) is 2.54. The average molecular weight is 318 g/mol. The van der Waals surface area contributed by atoms with Crippen LogP contribution in [0.4, 0.5) is 0 Å². The summed E-state index contributed by atoms with van der Waals surface area (Å²) in [5, 5.41) is 2.68. The molecule has 1 aliphatic rings. The molecule has 1 saturated carbocycles. The molecule has 126 valence electrons. The van der Waals surface area contributed by atoms with Gasteiger partial charge in [0.2, 0.25) is 11.8 Å². The van der Waals surface area contributed by atoms with Crippen LogP contribution in [0.1, 0.15) is 38.2 Å². The van der Waals surface area contributed by atoms with Crippen molar-refractivity contribution in [1.82, 2.24) is 5.32 Å². The number of ether oxygens (including phenoxy) is 1. The number of carbonyl (C=O) groups is 2. The number of primary amides is 1. The van der Waals surface area contributed by atoms with Crippen molar-refractivity contribution in [3.63, 3.8) is 0 Å². The maximum Gasteiger partial charge on any atom is 0.246 e. The Morgan fingerprint density at radius 3 is 2.61 bits per heavy atom. The summed E-state index contributed by atoms with van der Waals surface area (Å²) in [4.78, 5) is 23.6. The van der Waals surface area contributed by atoms with Crippen LogP contribution in [-0.4, -0.2) is 30.6 Å². The Labute approximate surface area is 137 Å². The van der Waals surface area contributed by atoms with Crippen molar-refractivity contribution in [3.8, 4) is 0 Å². The molecule has 0 bridgehead atoms. The smallest absolute Gasteiger partial charge is 0.246 e. The van der Waals surface area contributed by atoms with Crippen molar-refractivity contribution >= 4 is 11.8 Å². The maximum atomic E-state index is 12.1. The molecule has 0 aliphatic heterocycles. The Kier molecular flexibility index (Phi) is 6.59. The Bertz CT molecular complexity index is 518.